The molecule has 2 saturated heterocycles. The third-order valence-corrected chi connectivity index (χ3v) is 9.52. The molecule has 0 radical (unpaired) electrons. The smallest absolute Gasteiger partial charge is 0.321 e. The van der Waals surface area contributed by atoms with Gasteiger partial charge < -0.3 is 10.4 Å². The molecule has 1 aromatic carbocycles. The van der Waals surface area contributed by atoms with Crippen molar-refractivity contribution in [2.24, 2.45) is 11.8 Å². The Kier molecular flexibility index (Phi) is 9.13. The zero-order valence-electron chi connectivity index (χ0n) is 23.1. The minimum Gasteiger partial charge on any atom is -0.480 e. The quantitative estimate of drug-likeness (QED) is 0.416. The third kappa shape index (κ3) is 5.83. The van der Waals surface area contributed by atoms with E-state index >= 15 is 0 Å². The first-order chi connectivity index (χ1) is 18.6. The van der Waals surface area contributed by atoms with E-state index in [2.05, 4.69) is 69.5 Å². The molecule has 3 aliphatic rings. The van der Waals surface area contributed by atoms with Gasteiger partial charge >= 0.3 is 5.97 Å². The standard InChI is InChI=1S/C32H46N4O2/c1-25-23-35(30(31(37)38)26-13-4-2-5-14-26)24-32(25,27-15-6-3-7-16-27)36-22-11-9-19-29(36)34-21-12-18-28-17-8-10-20-33-28/h3,6-8,10,15-17,20,25-26,29-30,34H,2,4-5,9,11-14,18-19,21-24H2,1H3,(H,37,38)/t25-,29?,30+,32-/m0/s1. The normalized spacial score (nSPS) is 28.3. The molecule has 2 aromatic rings. The summed E-state index contributed by atoms with van der Waals surface area (Å²) in [6.07, 6.45) is 13.4. The zero-order valence-corrected chi connectivity index (χ0v) is 23.1. The molecule has 3 fully saturated rings. The molecule has 206 valence electrons. The van der Waals surface area contributed by atoms with Crippen LogP contribution in [0.3, 0.4) is 0 Å². The van der Waals surface area contributed by atoms with Crippen LogP contribution >= 0.6 is 0 Å². The van der Waals surface area contributed by atoms with Crippen molar-refractivity contribution in [3.8, 4) is 0 Å². The number of hydrogen-bond acceptors (Lipinski definition) is 5. The van der Waals surface area contributed by atoms with E-state index in [0.29, 0.717) is 12.1 Å². The Balaban J connectivity index is 1.38. The SMILES string of the molecule is C[C@H]1CN([C@@H](C(=O)O)C2CCCCC2)C[C@]1(c1ccccc1)N1CCCCC1NCCCc1ccccn1. The Morgan fingerprint density at radius 2 is 1.82 bits per heavy atom. The van der Waals surface area contributed by atoms with Crippen LogP contribution in [0.4, 0.5) is 0 Å². The van der Waals surface area contributed by atoms with Gasteiger partial charge in [0.15, 0.2) is 0 Å². The van der Waals surface area contributed by atoms with Crippen LogP contribution in [0.5, 0.6) is 0 Å². The van der Waals surface area contributed by atoms with Gasteiger partial charge in [0, 0.05) is 31.5 Å². The van der Waals surface area contributed by atoms with E-state index in [4.69, 9.17) is 0 Å². The van der Waals surface area contributed by atoms with E-state index in [9.17, 15) is 9.90 Å². The van der Waals surface area contributed by atoms with Gasteiger partial charge in [-0.05, 0) is 81.0 Å². The van der Waals surface area contributed by atoms with Crippen LogP contribution in [0.2, 0.25) is 0 Å². The summed E-state index contributed by atoms with van der Waals surface area (Å²) in [6, 6.07) is 16.7. The summed E-state index contributed by atoms with van der Waals surface area (Å²) < 4.78 is 0. The lowest BCUT2D eigenvalue weighted by Gasteiger charge is -2.51. The van der Waals surface area contributed by atoms with Gasteiger partial charge in [-0.25, -0.2) is 0 Å². The average molecular weight is 519 g/mol. The molecule has 0 amide bonds. The van der Waals surface area contributed by atoms with Crippen molar-refractivity contribution >= 4 is 5.97 Å². The van der Waals surface area contributed by atoms with Crippen molar-refractivity contribution in [2.45, 2.75) is 88.9 Å². The Hall–Kier alpha value is -2.28. The molecule has 2 aliphatic heterocycles. The van der Waals surface area contributed by atoms with Crippen molar-refractivity contribution in [1.29, 1.82) is 0 Å². The van der Waals surface area contributed by atoms with Crippen molar-refractivity contribution in [3.63, 3.8) is 0 Å². The second kappa shape index (κ2) is 12.7. The number of aliphatic carboxylic acids is 1. The second-order valence-electron chi connectivity index (χ2n) is 11.9. The van der Waals surface area contributed by atoms with Crippen LogP contribution in [-0.4, -0.2) is 64.2 Å². The molecule has 4 atom stereocenters. The molecular formula is C32H46N4O2. The fraction of sp³-hybridized carbons (Fsp3) is 0.625. The lowest BCUT2D eigenvalue weighted by atomic mass is 9.78. The highest BCUT2D eigenvalue weighted by Crippen LogP contribution is 2.46. The van der Waals surface area contributed by atoms with Gasteiger partial charge in [0.1, 0.15) is 6.04 Å². The zero-order chi connectivity index (χ0) is 26.4. The third-order valence-electron chi connectivity index (χ3n) is 9.52. The Morgan fingerprint density at radius 1 is 1.05 bits per heavy atom. The van der Waals surface area contributed by atoms with Crippen LogP contribution in [0, 0.1) is 11.8 Å². The predicted octanol–water partition coefficient (Wildman–Crippen LogP) is 5.30. The fourth-order valence-corrected chi connectivity index (χ4v) is 7.70. The molecule has 1 saturated carbocycles. The highest BCUT2D eigenvalue weighted by molar-refractivity contribution is 5.74. The number of carbonyl (C=O) groups is 1. The number of aromatic nitrogens is 1. The minimum absolute atomic E-state index is 0.192. The maximum Gasteiger partial charge on any atom is 0.321 e. The molecule has 1 unspecified atom stereocenters. The molecule has 6 nitrogen and oxygen atoms in total. The number of benzene rings is 1. The Bertz CT molecular complexity index is 1010. The highest BCUT2D eigenvalue weighted by atomic mass is 16.4. The number of piperidine rings is 1. The summed E-state index contributed by atoms with van der Waals surface area (Å²) in [5.41, 5.74) is 2.30. The second-order valence-corrected chi connectivity index (χ2v) is 11.9. The molecule has 38 heavy (non-hydrogen) atoms. The van der Waals surface area contributed by atoms with Crippen molar-refractivity contribution in [3.05, 3.63) is 66.0 Å². The Labute approximate surface area is 228 Å². The van der Waals surface area contributed by atoms with E-state index in [-0.39, 0.29) is 17.5 Å². The number of aryl methyl sites for hydroxylation is 1. The number of pyridine rings is 1. The van der Waals surface area contributed by atoms with E-state index in [1.165, 1.54) is 24.8 Å². The first kappa shape index (κ1) is 27.3. The van der Waals surface area contributed by atoms with Gasteiger partial charge in [-0.1, -0.05) is 62.6 Å². The topological polar surface area (TPSA) is 68.7 Å². The summed E-state index contributed by atoms with van der Waals surface area (Å²) in [7, 11) is 0. The molecule has 3 heterocycles. The first-order valence-electron chi connectivity index (χ1n) is 15.0. The number of nitrogens with zero attached hydrogens (tertiary/aromatic N) is 3. The minimum atomic E-state index is -0.629. The van der Waals surface area contributed by atoms with Crippen molar-refractivity contribution < 1.29 is 9.90 Å². The van der Waals surface area contributed by atoms with E-state index < -0.39 is 5.97 Å². The lowest BCUT2D eigenvalue weighted by Crippen LogP contribution is -2.62. The fourth-order valence-electron chi connectivity index (χ4n) is 7.70. The van der Waals surface area contributed by atoms with Crippen LogP contribution in [0.1, 0.15) is 76.0 Å². The van der Waals surface area contributed by atoms with Crippen LogP contribution in [0.15, 0.2) is 54.7 Å². The molecule has 0 spiro atoms. The monoisotopic (exact) mass is 518 g/mol. The van der Waals surface area contributed by atoms with Gasteiger partial charge in [0.2, 0.25) is 0 Å². The number of rotatable bonds is 10. The average Bonchev–Trinajstić information content (AvgIpc) is 3.29. The summed E-state index contributed by atoms with van der Waals surface area (Å²) in [6.45, 7) is 6.00. The largest absolute Gasteiger partial charge is 0.480 e. The molecule has 0 bridgehead atoms. The highest BCUT2D eigenvalue weighted by Gasteiger charge is 2.54. The maximum absolute atomic E-state index is 12.7. The number of carboxylic acids is 1. The maximum atomic E-state index is 12.7. The van der Waals surface area contributed by atoms with Gasteiger partial charge in [-0.3, -0.25) is 19.6 Å². The Morgan fingerprint density at radius 3 is 2.55 bits per heavy atom. The predicted molar refractivity (Wildman–Crippen MR) is 152 cm³/mol. The van der Waals surface area contributed by atoms with Crippen LogP contribution < -0.4 is 5.32 Å². The molecule has 1 aromatic heterocycles. The number of likely N-dealkylation sites (tertiary alicyclic amines) is 2. The summed E-state index contributed by atoms with van der Waals surface area (Å²) in [5, 5.41) is 14.4. The van der Waals surface area contributed by atoms with Gasteiger partial charge in [-0.15, -0.1) is 0 Å². The van der Waals surface area contributed by atoms with Gasteiger partial charge in [-0.2, -0.15) is 0 Å². The van der Waals surface area contributed by atoms with Gasteiger partial charge in [0.05, 0.1) is 11.7 Å². The van der Waals surface area contributed by atoms with Crippen molar-refractivity contribution in [2.75, 3.05) is 26.2 Å². The number of nitrogens with one attached hydrogen (secondary N) is 1. The van der Waals surface area contributed by atoms with Crippen LogP contribution in [0.25, 0.3) is 0 Å². The molecular weight excluding hydrogens is 472 g/mol. The van der Waals surface area contributed by atoms with E-state index in [1.54, 1.807) is 0 Å². The molecule has 1 aliphatic carbocycles. The number of carboxylic acid groups (broad SMARTS) is 1. The van der Waals surface area contributed by atoms with Crippen LogP contribution in [-0.2, 0) is 16.8 Å². The lowest BCUT2D eigenvalue weighted by molar-refractivity contribution is -0.146. The summed E-state index contributed by atoms with van der Waals surface area (Å²) >= 11 is 0. The molecule has 6 heteroatoms. The van der Waals surface area contributed by atoms with E-state index in [0.717, 1.165) is 76.8 Å². The van der Waals surface area contributed by atoms with E-state index in [1.807, 2.05) is 12.3 Å². The molecule has 2 N–H and O–H groups in total. The molecule has 5 rings (SSSR count). The first-order valence-corrected chi connectivity index (χ1v) is 15.0. The van der Waals surface area contributed by atoms with Gasteiger partial charge in [0.25, 0.3) is 0 Å². The summed E-state index contributed by atoms with van der Waals surface area (Å²) in [4.78, 5) is 22.3. The number of hydrogen-bond donors (Lipinski definition) is 2. The van der Waals surface area contributed by atoms with Crippen molar-refractivity contribution in [1.82, 2.24) is 20.1 Å². The summed E-state index contributed by atoms with van der Waals surface area (Å²) in [5.74, 6) is -0.0241.